The summed E-state index contributed by atoms with van der Waals surface area (Å²) in [4.78, 5) is 37.8. The van der Waals surface area contributed by atoms with Crippen molar-refractivity contribution in [2.45, 2.75) is 38.0 Å². The maximum Gasteiger partial charge on any atom is 0.298 e. The summed E-state index contributed by atoms with van der Waals surface area (Å²) in [6, 6.07) is 19.3. The van der Waals surface area contributed by atoms with Crippen LogP contribution in [-0.4, -0.2) is 65.9 Å². The minimum atomic E-state index is -1.73. The van der Waals surface area contributed by atoms with Gasteiger partial charge in [-0.1, -0.05) is 30.3 Å². The van der Waals surface area contributed by atoms with Crippen LogP contribution in [0.2, 0.25) is 0 Å². The largest absolute Gasteiger partial charge is 0.457 e. The van der Waals surface area contributed by atoms with E-state index >= 15 is 0 Å². The summed E-state index contributed by atoms with van der Waals surface area (Å²) in [5.41, 5.74) is 5.59. The van der Waals surface area contributed by atoms with Gasteiger partial charge in [0, 0.05) is 43.4 Å². The van der Waals surface area contributed by atoms with Gasteiger partial charge in [0.25, 0.3) is 11.5 Å². The molecule has 0 saturated carbocycles. The number of carbonyl (C=O) groups is 1. The molecule has 4 heterocycles. The number of nitrogens with zero attached hydrogens (tertiary/aromatic N) is 6. The highest BCUT2D eigenvalue weighted by Crippen LogP contribution is 2.32. The number of anilines is 1. The Morgan fingerprint density at radius 2 is 1.86 bits per heavy atom. The molecule has 1 saturated heterocycles. The predicted octanol–water partition coefficient (Wildman–Crippen LogP) is 4.78. The van der Waals surface area contributed by atoms with Crippen LogP contribution in [0.3, 0.4) is 0 Å². The summed E-state index contributed by atoms with van der Waals surface area (Å²) >= 11 is 1.13. The molecule has 51 heavy (non-hydrogen) atoms. The van der Waals surface area contributed by atoms with Crippen molar-refractivity contribution in [2.24, 2.45) is 0 Å². The average Bonchev–Trinajstić information content (AvgIpc) is 3.78. The molecule has 1 fully saturated rings. The summed E-state index contributed by atoms with van der Waals surface area (Å²) in [5, 5.41) is 18.9. The SMILES string of the molecule is Cc1ccc(-n2c(=O)c(N)nc3sc(C(=O)NC4CCN(C[C@](O)(Cn5cncn5)c5ccc(F)cc5F)CC4)cc32)cc1Oc1ccccc1. The third-order valence-electron chi connectivity index (χ3n) is 8.93. The van der Waals surface area contributed by atoms with E-state index in [-0.39, 0.29) is 36.4 Å². The fourth-order valence-electron chi connectivity index (χ4n) is 6.35. The normalized spacial score (nSPS) is 15.1. The lowest BCUT2D eigenvalue weighted by molar-refractivity contribution is -0.0271. The van der Waals surface area contributed by atoms with Crippen LogP contribution in [0.15, 0.2) is 90.2 Å². The van der Waals surface area contributed by atoms with Gasteiger partial charge in [-0.15, -0.1) is 11.3 Å². The van der Waals surface area contributed by atoms with E-state index in [2.05, 4.69) is 20.4 Å². The highest BCUT2D eigenvalue weighted by molar-refractivity contribution is 7.20. The van der Waals surface area contributed by atoms with Crippen molar-refractivity contribution < 1.29 is 23.4 Å². The molecule has 1 amide bonds. The number of aliphatic hydroxyl groups is 1. The Labute approximate surface area is 294 Å². The number of ether oxygens (including phenoxy) is 1. The standard InChI is InChI=1S/C36H34F2N8O4S/c1-22-7-9-25(16-30(22)50-26-5-3-2-4-6-26)46-29-17-31(51-34(29)43-32(39)35(46)48)33(47)42-24-11-13-44(14-12-24)18-36(49,19-45-21-40-20-41-45)27-10-8-23(37)15-28(27)38/h2-10,15-17,20-21,24,49H,11-14,18-19H2,1H3,(H2,39,43)(H,42,47)/t36-/m0/s1. The molecule has 0 bridgehead atoms. The molecular weight excluding hydrogens is 679 g/mol. The lowest BCUT2D eigenvalue weighted by Gasteiger charge is -2.38. The Bertz CT molecular complexity index is 2260. The topological polar surface area (TPSA) is 153 Å². The van der Waals surface area contributed by atoms with Crippen molar-refractivity contribution in [1.82, 2.24) is 34.5 Å². The number of benzene rings is 3. The molecule has 0 aliphatic carbocycles. The van der Waals surface area contributed by atoms with Gasteiger partial charge < -0.3 is 20.9 Å². The molecule has 4 N–H and O–H groups in total. The van der Waals surface area contributed by atoms with Crippen molar-refractivity contribution >= 4 is 33.4 Å². The third kappa shape index (κ3) is 7.22. The van der Waals surface area contributed by atoms with Gasteiger partial charge in [-0.3, -0.25) is 19.1 Å². The Balaban J connectivity index is 1.06. The summed E-state index contributed by atoms with van der Waals surface area (Å²) in [6.07, 6.45) is 3.86. The Morgan fingerprint density at radius 1 is 1.08 bits per heavy atom. The van der Waals surface area contributed by atoms with Crippen LogP contribution >= 0.6 is 11.3 Å². The minimum absolute atomic E-state index is 0.0436. The fourth-order valence-corrected chi connectivity index (χ4v) is 7.28. The minimum Gasteiger partial charge on any atom is -0.457 e. The number of hydrogen-bond donors (Lipinski definition) is 3. The van der Waals surface area contributed by atoms with Crippen molar-refractivity contribution in [2.75, 3.05) is 25.4 Å². The number of likely N-dealkylation sites (tertiary alicyclic amines) is 1. The second-order valence-corrected chi connectivity index (χ2v) is 13.6. The van der Waals surface area contributed by atoms with Gasteiger partial charge in [0.2, 0.25) is 0 Å². The second-order valence-electron chi connectivity index (χ2n) is 12.6. The van der Waals surface area contributed by atoms with Crippen LogP contribution in [0.4, 0.5) is 14.6 Å². The van der Waals surface area contributed by atoms with Gasteiger partial charge in [0.1, 0.15) is 46.2 Å². The number of nitrogen functional groups attached to an aromatic ring is 1. The first-order chi connectivity index (χ1) is 24.6. The van der Waals surface area contributed by atoms with Crippen LogP contribution in [0.25, 0.3) is 16.0 Å². The summed E-state index contributed by atoms with van der Waals surface area (Å²) < 4.78 is 37.5. The van der Waals surface area contributed by atoms with Crippen molar-refractivity contribution in [3.05, 3.63) is 123 Å². The molecular formula is C36H34F2N8O4S. The first-order valence-electron chi connectivity index (χ1n) is 16.3. The second kappa shape index (κ2) is 14.0. The molecule has 3 aromatic heterocycles. The molecule has 0 radical (unpaired) electrons. The van der Waals surface area contributed by atoms with Gasteiger partial charge in [-0.05, 0) is 55.7 Å². The lowest BCUT2D eigenvalue weighted by Crippen LogP contribution is -2.50. The van der Waals surface area contributed by atoms with Gasteiger partial charge >= 0.3 is 0 Å². The Hall–Kier alpha value is -5.51. The van der Waals surface area contributed by atoms with E-state index in [1.807, 2.05) is 48.2 Å². The zero-order valence-corrected chi connectivity index (χ0v) is 28.3. The highest BCUT2D eigenvalue weighted by atomic mass is 32.1. The number of halogens is 2. The van der Waals surface area contributed by atoms with Crippen molar-refractivity contribution in [3.8, 4) is 17.2 Å². The molecule has 1 atom stereocenters. The molecule has 6 aromatic rings. The number of piperidine rings is 1. The number of β-amino-alcohol motifs (C(OH)–C–C–N with tert-alkyl or cyclic N) is 1. The van der Waals surface area contributed by atoms with Gasteiger partial charge in [0.15, 0.2) is 5.82 Å². The van der Waals surface area contributed by atoms with Crippen molar-refractivity contribution in [1.29, 1.82) is 0 Å². The molecule has 262 valence electrons. The molecule has 1 aliphatic rings. The highest BCUT2D eigenvalue weighted by Gasteiger charge is 2.37. The number of nitrogens with two attached hydrogens (primary N) is 1. The van der Waals surface area contributed by atoms with Crippen LogP contribution in [0.1, 0.15) is 33.6 Å². The van der Waals surface area contributed by atoms with E-state index in [0.717, 1.165) is 29.0 Å². The van der Waals surface area contributed by atoms with E-state index in [1.54, 1.807) is 18.2 Å². The average molecular weight is 713 g/mol. The molecule has 0 spiro atoms. The van der Waals surface area contributed by atoms with Crippen LogP contribution in [0.5, 0.6) is 11.5 Å². The maximum atomic E-state index is 14.9. The van der Waals surface area contributed by atoms with Crippen LogP contribution in [-0.2, 0) is 12.1 Å². The number of aryl methyl sites for hydroxylation is 1. The monoisotopic (exact) mass is 712 g/mol. The molecule has 12 nitrogen and oxygen atoms in total. The molecule has 15 heteroatoms. The van der Waals surface area contributed by atoms with E-state index < -0.39 is 22.8 Å². The quantitative estimate of drug-likeness (QED) is 0.182. The van der Waals surface area contributed by atoms with E-state index in [9.17, 15) is 23.5 Å². The van der Waals surface area contributed by atoms with E-state index in [1.165, 1.54) is 28.0 Å². The number of thiophene rings is 1. The third-order valence-corrected chi connectivity index (χ3v) is 9.95. The Kier molecular flexibility index (Phi) is 9.33. The number of nitrogens with one attached hydrogen (secondary N) is 1. The maximum absolute atomic E-state index is 14.9. The number of amides is 1. The summed E-state index contributed by atoms with van der Waals surface area (Å²) in [7, 11) is 0. The molecule has 7 rings (SSSR count). The number of carbonyl (C=O) groups excluding carboxylic acids is 1. The lowest BCUT2D eigenvalue weighted by atomic mass is 9.91. The van der Waals surface area contributed by atoms with Crippen molar-refractivity contribution in [3.63, 3.8) is 0 Å². The summed E-state index contributed by atoms with van der Waals surface area (Å²) in [6.45, 7) is 2.86. The van der Waals surface area contributed by atoms with Crippen LogP contribution < -0.4 is 21.3 Å². The van der Waals surface area contributed by atoms with Gasteiger partial charge in [-0.2, -0.15) is 5.10 Å². The van der Waals surface area contributed by atoms with E-state index in [0.29, 0.717) is 58.3 Å². The van der Waals surface area contributed by atoms with E-state index in [4.69, 9.17) is 10.5 Å². The van der Waals surface area contributed by atoms with Gasteiger partial charge in [0.05, 0.1) is 22.6 Å². The smallest absolute Gasteiger partial charge is 0.298 e. The Morgan fingerprint density at radius 3 is 2.59 bits per heavy atom. The molecule has 1 aliphatic heterocycles. The first-order valence-corrected chi connectivity index (χ1v) is 17.1. The number of fused-ring (bicyclic) bond motifs is 1. The van der Waals surface area contributed by atoms with Gasteiger partial charge in [-0.25, -0.2) is 23.4 Å². The van der Waals surface area contributed by atoms with Crippen LogP contribution in [0, 0.1) is 18.6 Å². The zero-order valence-electron chi connectivity index (χ0n) is 27.5. The zero-order chi connectivity index (χ0) is 35.7. The molecule has 3 aromatic carbocycles. The number of rotatable bonds is 10. The number of hydrogen-bond acceptors (Lipinski definition) is 10. The number of para-hydroxylation sites is 1. The predicted molar refractivity (Wildman–Crippen MR) is 188 cm³/mol. The fraction of sp³-hybridized carbons (Fsp3) is 0.250. The summed E-state index contributed by atoms with van der Waals surface area (Å²) in [5.74, 6) is -0.897. The molecule has 0 unspecified atom stereocenters. The first kappa shape index (κ1) is 34.0. The number of aromatic nitrogens is 5.